The van der Waals surface area contributed by atoms with Gasteiger partial charge in [-0.05, 0) is 34.1 Å². The van der Waals surface area contributed by atoms with Gasteiger partial charge in [-0.2, -0.15) is 0 Å². The SMILES string of the molecule is CCOC(=O)N1CC[C@@H](NC(=O)OC(C)(C)C)[C@@H](OCc2nccs2)C1. The predicted molar refractivity (Wildman–Crippen MR) is 97.1 cm³/mol. The number of carbonyl (C=O) groups is 2. The summed E-state index contributed by atoms with van der Waals surface area (Å²) in [5, 5.41) is 5.58. The maximum Gasteiger partial charge on any atom is 0.409 e. The van der Waals surface area contributed by atoms with Gasteiger partial charge in [-0.3, -0.25) is 0 Å². The van der Waals surface area contributed by atoms with E-state index in [2.05, 4.69) is 10.3 Å². The highest BCUT2D eigenvalue weighted by Crippen LogP contribution is 2.18. The van der Waals surface area contributed by atoms with Gasteiger partial charge in [0.15, 0.2) is 0 Å². The van der Waals surface area contributed by atoms with E-state index in [1.807, 2.05) is 26.2 Å². The third-order valence-corrected chi connectivity index (χ3v) is 4.44. The minimum Gasteiger partial charge on any atom is -0.450 e. The first-order chi connectivity index (χ1) is 12.3. The number of amides is 2. The molecule has 9 heteroatoms. The van der Waals surface area contributed by atoms with E-state index >= 15 is 0 Å². The maximum atomic E-state index is 12.1. The molecule has 0 spiro atoms. The van der Waals surface area contributed by atoms with E-state index in [9.17, 15) is 9.59 Å². The molecule has 1 aliphatic rings. The van der Waals surface area contributed by atoms with Crippen LogP contribution >= 0.6 is 11.3 Å². The number of piperidine rings is 1. The van der Waals surface area contributed by atoms with E-state index in [0.717, 1.165) is 5.01 Å². The number of alkyl carbamates (subject to hydrolysis) is 1. The van der Waals surface area contributed by atoms with Gasteiger partial charge in [-0.15, -0.1) is 11.3 Å². The lowest BCUT2D eigenvalue weighted by Gasteiger charge is -2.38. The van der Waals surface area contributed by atoms with Crippen molar-refractivity contribution in [2.75, 3.05) is 19.7 Å². The van der Waals surface area contributed by atoms with Gasteiger partial charge in [-0.1, -0.05) is 0 Å². The molecule has 0 radical (unpaired) electrons. The van der Waals surface area contributed by atoms with Crippen LogP contribution in [-0.2, 0) is 20.8 Å². The zero-order valence-corrected chi connectivity index (χ0v) is 16.5. The zero-order valence-electron chi connectivity index (χ0n) is 15.7. The molecule has 1 saturated heterocycles. The largest absolute Gasteiger partial charge is 0.450 e. The Morgan fingerprint density at radius 3 is 2.81 bits per heavy atom. The minimum atomic E-state index is -0.576. The van der Waals surface area contributed by atoms with Crippen LogP contribution < -0.4 is 5.32 Å². The summed E-state index contributed by atoms with van der Waals surface area (Å²) in [5.74, 6) is 0. The molecule has 2 amide bonds. The third-order valence-electron chi connectivity index (χ3n) is 3.69. The Bertz CT molecular complexity index is 588. The summed E-state index contributed by atoms with van der Waals surface area (Å²) in [5.41, 5.74) is -0.576. The number of hydrogen-bond acceptors (Lipinski definition) is 7. The number of hydrogen-bond donors (Lipinski definition) is 1. The van der Waals surface area contributed by atoms with Crippen molar-refractivity contribution in [2.24, 2.45) is 0 Å². The summed E-state index contributed by atoms with van der Waals surface area (Å²) < 4.78 is 16.4. The molecule has 8 nitrogen and oxygen atoms in total. The van der Waals surface area contributed by atoms with Gasteiger partial charge in [0.2, 0.25) is 0 Å². The smallest absolute Gasteiger partial charge is 0.409 e. The number of thiazole rings is 1. The number of nitrogens with one attached hydrogen (secondary N) is 1. The predicted octanol–water partition coefficient (Wildman–Crippen LogP) is 2.78. The number of ether oxygens (including phenoxy) is 3. The highest BCUT2D eigenvalue weighted by molar-refractivity contribution is 7.09. The van der Waals surface area contributed by atoms with E-state index in [1.54, 1.807) is 18.0 Å². The fourth-order valence-electron chi connectivity index (χ4n) is 2.59. The second-order valence-corrected chi connectivity index (χ2v) is 7.94. The van der Waals surface area contributed by atoms with E-state index < -0.39 is 11.7 Å². The van der Waals surface area contributed by atoms with E-state index in [0.29, 0.717) is 32.7 Å². The number of carbonyl (C=O) groups excluding carboxylic acids is 2. The Labute approximate surface area is 157 Å². The highest BCUT2D eigenvalue weighted by Gasteiger charge is 2.34. The Morgan fingerprint density at radius 1 is 1.42 bits per heavy atom. The van der Waals surface area contributed by atoms with Crippen LogP contribution in [0.25, 0.3) is 0 Å². The molecule has 2 rings (SSSR count). The van der Waals surface area contributed by atoms with E-state index in [1.165, 1.54) is 11.3 Å². The van der Waals surface area contributed by atoms with E-state index in [-0.39, 0.29) is 18.2 Å². The molecule has 2 atom stereocenters. The van der Waals surface area contributed by atoms with Crippen LogP contribution in [-0.4, -0.2) is 59.5 Å². The number of nitrogens with zero attached hydrogens (tertiary/aromatic N) is 2. The second kappa shape index (κ2) is 9.18. The van der Waals surface area contributed by atoms with E-state index in [4.69, 9.17) is 14.2 Å². The lowest BCUT2D eigenvalue weighted by atomic mass is 10.0. The van der Waals surface area contributed by atoms with Crippen molar-refractivity contribution in [3.63, 3.8) is 0 Å². The molecule has 1 aliphatic heterocycles. The van der Waals surface area contributed by atoms with Gasteiger partial charge in [0.25, 0.3) is 0 Å². The summed E-state index contributed by atoms with van der Waals surface area (Å²) >= 11 is 1.50. The minimum absolute atomic E-state index is 0.254. The fraction of sp³-hybridized carbons (Fsp3) is 0.706. The molecule has 0 aliphatic carbocycles. The first-order valence-electron chi connectivity index (χ1n) is 8.69. The molecule has 1 N–H and O–H groups in total. The average molecular weight is 385 g/mol. The first-order valence-corrected chi connectivity index (χ1v) is 9.57. The molecule has 146 valence electrons. The van der Waals surface area contributed by atoms with Gasteiger partial charge < -0.3 is 24.4 Å². The van der Waals surface area contributed by atoms with Crippen LogP contribution in [0.2, 0.25) is 0 Å². The number of aromatic nitrogens is 1. The molecule has 0 bridgehead atoms. The lowest BCUT2D eigenvalue weighted by Crippen LogP contribution is -2.56. The van der Waals surface area contributed by atoms with Crippen LogP contribution in [0, 0.1) is 0 Å². The van der Waals surface area contributed by atoms with Gasteiger partial charge >= 0.3 is 12.2 Å². The maximum absolute atomic E-state index is 12.1. The summed E-state index contributed by atoms with van der Waals surface area (Å²) in [6.07, 6.45) is 1.04. The van der Waals surface area contributed by atoms with Crippen molar-refractivity contribution in [3.8, 4) is 0 Å². The van der Waals surface area contributed by atoms with Crippen LogP contribution in [0.1, 0.15) is 39.1 Å². The molecular formula is C17H27N3O5S. The number of rotatable bonds is 5. The summed E-state index contributed by atoms with van der Waals surface area (Å²) in [7, 11) is 0. The summed E-state index contributed by atoms with van der Waals surface area (Å²) in [4.78, 5) is 29.9. The summed E-state index contributed by atoms with van der Waals surface area (Å²) in [6.45, 7) is 8.67. The molecule has 0 aromatic carbocycles. The van der Waals surface area contributed by atoms with Crippen molar-refractivity contribution >= 4 is 23.5 Å². The Kier molecular flexibility index (Phi) is 7.22. The molecule has 1 aromatic heterocycles. The molecular weight excluding hydrogens is 358 g/mol. The van der Waals surface area contributed by atoms with Crippen LogP contribution in [0.5, 0.6) is 0 Å². The van der Waals surface area contributed by atoms with Gasteiger partial charge in [-0.25, -0.2) is 14.6 Å². The normalized spacial score (nSPS) is 20.5. The van der Waals surface area contributed by atoms with Crippen molar-refractivity contribution in [1.82, 2.24) is 15.2 Å². The van der Waals surface area contributed by atoms with Crippen molar-refractivity contribution in [1.29, 1.82) is 0 Å². The van der Waals surface area contributed by atoms with Crippen molar-refractivity contribution in [3.05, 3.63) is 16.6 Å². The molecule has 1 fully saturated rings. The lowest BCUT2D eigenvalue weighted by molar-refractivity contribution is -0.0323. The van der Waals surface area contributed by atoms with Crippen molar-refractivity contribution < 1.29 is 23.8 Å². The van der Waals surface area contributed by atoms with Crippen LogP contribution in [0.3, 0.4) is 0 Å². The standard InChI is InChI=1S/C17H27N3O5S/c1-5-23-16(22)20-8-6-12(19-15(21)25-17(2,3)4)13(10-20)24-11-14-18-7-9-26-14/h7,9,12-13H,5-6,8,10-11H2,1-4H3,(H,19,21)/t12-,13+/m1/s1. The zero-order chi connectivity index (χ0) is 19.2. The molecule has 26 heavy (non-hydrogen) atoms. The molecule has 2 heterocycles. The quantitative estimate of drug-likeness (QED) is 0.838. The highest BCUT2D eigenvalue weighted by atomic mass is 32.1. The van der Waals surface area contributed by atoms with Gasteiger partial charge in [0.1, 0.15) is 10.6 Å². The van der Waals surface area contributed by atoms with Crippen molar-refractivity contribution in [2.45, 2.75) is 58.5 Å². The molecule has 1 aromatic rings. The summed E-state index contributed by atoms with van der Waals surface area (Å²) in [6, 6.07) is -0.254. The molecule has 0 unspecified atom stereocenters. The third kappa shape index (κ3) is 6.45. The average Bonchev–Trinajstić information content (AvgIpc) is 3.05. The fourth-order valence-corrected chi connectivity index (χ4v) is 3.13. The molecule has 0 saturated carbocycles. The van der Waals surface area contributed by atoms with Gasteiger partial charge in [0, 0.05) is 18.1 Å². The Morgan fingerprint density at radius 2 is 2.19 bits per heavy atom. The van der Waals surface area contributed by atoms with Crippen LogP contribution in [0.4, 0.5) is 9.59 Å². The number of likely N-dealkylation sites (tertiary alicyclic amines) is 1. The monoisotopic (exact) mass is 385 g/mol. The first kappa shape index (κ1) is 20.4. The Balaban J connectivity index is 1.99. The topological polar surface area (TPSA) is 90.0 Å². The van der Waals surface area contributed by atoms with Crippen LogP contribution in [0.15, 0.2) is 11.6 Å². The Hall–Kier alpha value is -1.87. The van der Waals surface area contributed by atoms with Gasteiger partial charge in [0.05, 0.1) is 31.9 Å². The second-order valence-electron chi connectivity index (χ2n) is 6.96.